The molecule has 35 heavy (non-hydrogen) atoms. The first-order valence-electron chi connectivity index (χ1n) is 12.4. The van der Waals surface area contributed by atoms with Gasteiger partial charge in [0, 0.05) is 49.2 Å². The molecule has 0 spiro atoms. The van der Waals surface area contributed by atoms with Crippen molar-refractivity contribution in [1.82, 2.24) is 25.5 Å². The molecule has 5 rings (SSSR count). The first kappa shape index (κ1) is 23.3. The highest BCUT2D eigenvalue weighted by molar-refractivity contribution is 5.96. The molecule has 4 N–H and O–H groups in total. The highest BCUT2D eigenvalue weighted by Gasteiger charge is 2.28. The van der Waals surface area contributed by atoms with Crippen LogP contribution in [0.15, 0.2) is 54.6 Å². The van der Waals surface area contributed by atoms with E-state index in [1.807, 2.05) is 24.3 Å². The average Bonchev–Trinajstić information content (AvgIpc) is 3.58. The molecule has 1 amide bonds. The molecule has 3 aliphatic heterocycles. The summed E-state index contributed by atoms with van der Waals surface area (Å²) in [7, 11) is 1.77. The van der Waals surface area contributed by atoms with Crippen LogP contribution in [-0.2, 0) is 0 Å². The molecule has 184 valence electrons. The van der Waals surface area contributed by atoms with Crippen molar-refractivity contribution in [3.8, 4) is 0 Å². The number of aromatic nitrogens is 2. The monoisotopic (exact) mass is 475 g/mol. The summed E-state index contributed by atoms with van der Waals surface area (Å²) >= 11 is 0. The molecular formula is C26H33N7O2. The Morgan fingerprint density at radius 2 is 1.94 bits per heavy atom. The molecular weight excluding hydrogens is 442 g/mol. The fourth-order valence-electron chi connectivity index (χ4n) is 5.06. The van der Waals surface area contributed by atoms with E-state index in [0.29, 0.717) is 34.4 Å². The SMILES string of the molecule is CNc1cncc(C2=CNC(O)C(NC(=O)c3ccc(N4CCC[C@H]4CN4CCCC4)cc3)=C2)n1. The van der Waals surface area contributed by atoms with Crippen molar-refractivity contribution >= 4 is 23.0 Å². The molecule has 0 saturated carbocycles. The Labute approximate surface area is 205 Å². The molecule has 4 heterocycles. The topological polar surface area (TPSA) is 106 Å². The number of amides is 1. The number of aliphatic hydroxyl groups excluding tert-OH is 1. The minimum absolute atomic E-state index is 0.269. The molecule has 9 heteroatoms. The number of likely N-dealkylation sites (tertiary alicyclic amines) is 1. The van der Waals surface area contributed by atoms with E-state index < -0.39 is 6.23 Å². The van der Waals surface area contributed by atoms with E-state index >= 15 is 0 Å². The van der Waals surface area contributed by atoms with Crippen molar-refractivity contribution in [1.29, 1.82) is 0 Å². The number of nitrogens with one attached hydrogen (secondary N) is 3. The third-order valence-electron chi connectivity index (χ3n) is 6.95. The number of rotatable bonds is 7. The summed E-state index contributed by atoms with van der Waals surface area (Å²) in [5.74, 6) is 0.365. The summed E-state index contributed by atoms with van der Waals surface area (Å²) in [4.78, 5) is 26.7. The summed E-state index contributed by atoms with van der Waals surface area (Å²) in [5, 5.41) is 19.0. The van der Waals surface area contributed by atoms with Gasteiger partial charge in [0.25, 0.3) is 5.91 Å². The van der Waals surface area contributed by atoms with Crippen LogP contribution in [0.1, 0.15) is 41.7 Å². The zero-order chi connectivity index (χ0) is 24.2. The van der Waals surface area contributed by atoms with Gasteiger partial charge in [-0.15, -0.1) is 0 Å². The largest absolute Gasteiger partial charge is 0.372 e. The Morgan fingerprint density at radius 3 is 2.71 bits per heavy atom. The molecule has 0 bridgehead atoms. The first-order valence-corrected chi connectivity index (χ1v) is 12.4. The van der Waals surface area contributed by atoms with Crippen LogP contribution in [0.25, 0.3) is 5.57 Å². The minimum atomic E-state index is -1.02. The van der Waals surface area contributed by atoms with E-state index in [1.54, 1.807) is 31.7 Å². The third-order valence-corrected chi connectivity index (χ3v) is 6.95. The van der Waals surface area contributed by atoms with Gasteiger partial charge in [-0.1, -0.05) is 0 Å². The van der Waals surface area contributed by atoms with E-state index in [1.165, 1.54) is 38.8 Å². The Balaban J connectivity index is 1.25. The Hall–Kier alpha value is -3.43. The molecule has 3 aliphatic rings. The third kappa shape index (κ3) is 5.31. The van der Waals surface area contributed by atoms with Crippen molar-refractivity contribution in [2.24, 2.45) is 0 Å². The number of hydrogen-bond donors (Lipinski definition) is 4. The zero-order valence-electron chi connectivity index (χ0n) is 20.1. The number of allylic oxidation sites excluding steroid dienone is 2. The van der Waals surface area contributed by atoms with Crippen LogP contribution in [0.2, 0.25) is 0 Å². The van der Waals surface area contributed by atoms with Crippen molar-refractivity contribution in [2.45, 2.75) is 38.0 Å². The number of carbonyl (C=O) groups excluding carboxylic acids is 1. The van der Waals surface area contributed by atoms with Crippen molar-refractivity contribution < 1.29 is 9.90 Å². The van der Waals surface area contributed by atoms with E-state index in [-0.39, 0.29) is 5.91 Å². The van der Waals surface area contributed by atoms with E-state index in [9.17, 15) is 9.90 Å². The number of dihydropyridines is 1. The van der Waals surface area contributed by atoms with Crippen molar-refractivity contribution in [2.75, 3.05) is 43.4 Å². The lowest BCUT2D eigenvalue weighted by Crippen LogP contribution is -2.39. The van der Waals surface area contributed by atoms with Crippen LogP contribution in [0.4, 0.5) is 11.5 Å². The molecule has 0 aliphatic carbocycles. The number of hydrogen-bond acceptors (Lipinski definition) is 8. The Kier molecular flexibility index (Phi) is 6.96. The summed E-state index contributed by atoms with van der Waals surface area (Å²) in [6, 6.07) is 8.32. The predicted octanol–water partition coefficient (Wildman–Crippen LogP) is 2.16. The van der Waals surface area contributed by atoms with Crippen LogP contribution < -0.4 is 20.9 Å². The second kappa shape index (κ2) is 10.5. The molecule has 2 aromatic rings. The van der Waals surface area contributed by atoms with Gasteiger partial charge < -0.3 is 30.9 Å². The lowest BCUT2D eigenvalue weighted by atomic mass is 10.1. The van der Waals surface area contributed by atoms with Crippen LogP contribution in [-0.4, -0.2) is 71.4 Å². The number of benzene rings is 1. The van der Waals surface area contributed by atoms with Gasteiger partial charge in [0.2, 0.25) is 0 Å². The number of anilines is 2. The second-order valence-electron chi connectivity index (χ2n) is 9.31. The van der Waals surface area contributed by atoms with Gasteiger partial charge in [0.1, 0.15) is 5.82 Å². The lowest BCUT2D eigenvalue weighted by molar-refractivity contribution is 0.0941. The van der Waals surface area contributed by atoms with Gasteiger partial charge in [-0.3, -0.25) is 9.78 Å². The molecule has 1 unspecified atom stereocenters. The lowest BCUT2D eigenvalue weighted by Gasteiger charge is -2.30. The zero-order valence-corrected chi connectivity index (χ0v) is 20.1. The number of nitrogens with zero attached hydrogens (tertiary/aromatic N) is 4. The van der Waals surface area contributed by atoms with Gasteiger partial charge in [-0.05, 0) is 69.1 Å². The smallest absolute Gasteiger partial charge is 0.255 e. The van der Waals surface area contributed by atoms with E-state index in [2.05, 4.69) is 35.7 Å². The maximum atomic E-state index is 13.0. The van der Waals surface area contributed by atoms with Crippen molar-refractivity contribution in [3.05, 3.63) is 65.9 Å². The fraction of sp³-hybridized carbons (Fsp3) is 0.423. The highest BCUT2D eigenvalue weighted by Crippen LogP contribution is 2.27. The Morgan fingerprint density at radius 1 is 1.14 bits per heavy atom. The molecule has 2 saturated heterocycles. The van der Waals surface area contributed by atoms with Crippen LogP contribution in [0.3, 0.4) is 0 Å². The molecule has 0 radical (unpaired) electrons. The molecule has 1 aromatic heterocycles. The average molecular weight is 476 g/mol. The summed E-state index contributed by atoms with van der Waals surface area (Å²) in [6.07, 6.45) is 10.7. The minimum Gasteiger partial charge on any atom is -0.372 e. The van der Waals surface area contributed by atoms with Crippen LogP contribution >= 0.6 is 0 Å². The normalized spacial score (nSPS) is 22.4. The van der Waals surface area contributed by atoms with Gasteiger partial charge in [0.15, 0.2) is 6.23 Å². The molecule has 1 aromatic carbocycles. The number of carbonyl (C=O) groups is 1. The number of aliphatic hydroxyl groups is 1. The van der Waals surface area contributed by atoms with Crippen molar-refractivity contribution in [3.63, 3.8) is 0 Å². The van der Waals surface area contributed by atoms with Gasteiger partial charge in [-0.2, -0.15) is 0 Å². The van der Waals surface area contributed by atoms with Gasteiger partial charge in [-0.25, -0.2) is 4.98 Å². The maximum absolute atomic E-state index is 13.0. The predicted molar refractivity (Wildman–Crippen MR) is 137 cm³/mol. The van der Waals surface area contributed by atoms with Gasteiger partial charge >= 0.3 is 0 Å². The van der Waals surface area contributed by atoms with Gasteiger partial charge in [0.05, 0.1) is 23.8 Å². The Bertz CT molecular complexity index is 1110. The molecule has 9 nitrogen and oxygen atoms in total. The quantitative estimate of drug-likeness (QED) is 0.483. The summed E-state index contributed by atoms with van der Waals surface area (Å²) in [6.45, 7) is 4.61. The maximum Gasteiger partial charge on any atom is 0.255 e. The van der Waals surface area contributed by atoms with Crippen LogP contribution in [0.5, 0.6) is 0 Å². The first-order chi connectivity index (χ1) is 17.1. The molecule has 2 fully saturated rings. The highest BCUT2D eigenvalue weighted by atomic mass is 16.3. The summed E-state index contributed by atoms with van der Waals surface area (Å²) in [5.41, 5.74) is 3.41. The van der Waals surface area contributed by atoms with E-state index in [0.717, 1.165) is 18.8 Å². The summed E-state index contributed by atoms with van der Waals surface area (Å²) < 4.78 is 0. The standard InChI is InChI=1S/C26H33N7O2/c1-27-24-16-28-15-23(30-24)19-13-22(26(35)29-14-19)31-25(34)18-6-8-20(9-7-18)33-12-4-5-21(33)17-32-10-2-3-11-32/h6-9,13-16,21,26,29,35H,2-5,10-12,17H2,1H3,(H,27,30)(H,31,34)/t21-,26?/m0/s1. The van der Waals surface area contributed by atoms with E-state index in [4.69, 9.17) is 0 Å². The molecule has 2 atom stereocenters. The fourth-order valence-corrected chi connectivity index (χ4v) is 5.06. The second-order valence-corrected chi connectivity index (χ2v) is 9.31. The van der Waals surface area contributed by atoms with Crippen LogP contribution in [0, 0.1) is 0 Å².